The number of rotatable bonds is 7. The van der Waals surface area contributed by atoms with E-state index in [1.165, 1.54) is 0 Å². The highest BCUT2D eigenvalue weighted by Crippen LogP contribution is 1.99. The van der Waals surface area contributed by atoms with Crippen molar-refractivity contribution in [1.82, 2.24) is 4.90 Å². The summed E-state index contributed by atoms with van der Waals surface area (Å²) in [7, 11) is 0. The molecule has 1 unspecified atom stereocenters. The summed E-state index contributed by atoms with van der Waals surface area (Å²) in [6.07, 6.45) is 0. The van der Waals surface area contributed by atoms with Crippen LogP contribution in [0.25, 0.3) is 0 Å². The van der Waals surface area contributed by atoms with Crippen LogP contribution in [0.2, 0.25) is 0 Å². The van der Waals surface area contributed by atoms with Crippen LogP contribution in [0.4, 0.5) is 0 Å². The van der Waals surface area contributed by atoms with Gasteiger partial charge in [-0.3, -0.25) is 14.5 Å². The molecule has 0 aliphatic carbocycles. The number of carboxylic acids is 1. The van der Waals surface area contributed by atoms with Gasteiger partial charge in [0.05, 0.1) is 6.54 Å². The Balaban J connectivity index is 4.23. The van der Waals surface area contributed by atoms with Crippen LogP contribution in [0.1, 0.15) is 13.8 Å². The fourth-order valence-corrected chi connectivity index (χ4v) is 1.30. The van der Waals surface area contributed by atoms with Crippen molar-refractivity contribution in [2.24, 2.45) is 17.4 Å². The van der Waals surface area contributed by atoms with Gasteiger partial charge < -0.3 is 16.6 Å². The van der Waals surface area contributed by atoms with Crippen LogP contribution in [0.3, 0.4) is 0 Å². The van der Waals surface area contributed by atoms with Gasteiger partial charge in [-0.15, -0.1) is 0 Å². The SMILES string of the molecule is CC(C)CN(CC(N)=O)CC(N)C(=O)O. The first kappa shape index (κ1) is 13.9. The van der Waals surface area contributed by atoms with Crippen molar-refractivity contribution in [2.75, 3.05) is 19.6 Å². The Kier molecular flexibility index (Phi) is 5.88. The molecule has 0 rings (SSSR count). The Hall–Kier alpha value is -1.14. The van der Waals surface area contributed by atoms with Crippen molar-refractivity contribution in [3.8, 4) is 0 Å². The largest absolute Gasteiger partial charge is 0.480 e. The smallest absolute Gasteiger partial charge is 0.321 e. The van der Waals surface area contributed by atoms with E-state index in [0.717, 1.165) is 0 Å². The minimum Gasteiger partial charge on any atom is -0.480 e. The summed E-state index contributed by atoms with van der Waals surface area (Å²) in [6, 6.07) is -0.983. The fraction of sp³-hybridized carbons (Fsp3) is 0.778. The predicted molar refractivity (Wildman–Crippen MR) is 56.1 cm³/mol. The topological polar surface area (TPSA) is 110 Å². The number of carbonyl (C=O) groups excluding carboxylic acids is 1. The zero-order valence-corrected chi connectivity index (χ0v) is 9.14. The zero-order valence-electron chi connectivity index (χ0n) is 9.14. The van der Waals surface area contributed by atoms with E-state index >= 15 is 0 Å². The van der Waals surface area contributed by atoms with E-state index in [1.54, 1.807) is 4.90 Å². The molecule has 0 saturated carbocycles. The highest BCUT2D eigenvalue weighted by molar-refractivity contribution is 5.76. The summed E-state index contributed by atoms with van der Waals surface area (Å²) in [5.41, 5.74) is 10.4. The van der Waals surface area contributed by atoms with Crippen LogP contribution in [0, 0.1) is 5.92 Å². The number of carbonyl (C=O) groups is 2. The number of hydrogen-bond donors (Lipinski definition) is 3. The van der Waals surface area contributed by atoms with Gasteiger partial charge in [-0.05, 0) is 5.92 Å². The second-order valence-corrected chi connectivity index (χ2v) is 4.00. The summed E-state index contributed by atoms with van der Waals surface area (Å²) in [5.74, 6) is -1.23. The molecule has 1 amide bonds. The Morgan fingerprint density at radius 3 is 2.20 bits per heavy atom. The molecule has 0 spiro atoms. The quantitative estimate of drug-likeness (QED) is 0.498. The molecule has 0 aliphatic heterocycles. The van der Waals surface area contributed by atoms with E-state index in [9.17, 15) is 9.59 Å². The maximum Gasteiger partial charge on any atom is 0.321 e. The van der Waals surface area contributed by atoms with Gasteiger partial charge in [0.25, 0.3) is 0 Å². The third kappa shape index (κ3) is 6.87. The maximum absolute atomic E-state index is 10.7. The van der Waals surface area contributed by atoms with Gasteiger partial charge in [0.15, 0.2) is 0 Å². The summed E-state index contributed by atoms with van der Waals surface area (Å²) >= 11 is 0. The summed E-state index contributed by atoms with van der Waals surface area (Å²) in [4.78, 5) is 22.9. The Morgan fingerprint density at radius 2 is 1.87 bits per heavy atom. The van der Waals surface area contributed by atoms with E-state index in [-0.39, 0.29) is 13.1 Å². The van der Waals surface area contributed by atoms with E-state index in [0.29, 0.717) is 12.5 Å². The molecular weight excluding hydrogens is 198 g/mol. The first-order valence-electron chi connectivity index (χ1n) is 4.82. The lowest BCUT2D eigenvalue weighted by molar-refractivity contribution is -0.139. The molecule has 0 aromatic rings. The molecule has 6 heteroatoms. The normalized spacial score (nSPS) is 13.1. The van der Waals surface area contributed by atoms with Crippen LogP contribution < -0.4 is 11.5 Å². The molecular formula is C9H19N3O3. The lowest BCUT2D eigenvalue weighted by Crippen LogP contribution is -2.46. The molecule has 0 heterocycles. The number of hydrogen-bond acceptors (Lipinski definition) is 4. The molecule has 5 N–H and O–H groups in total. The average molecular weight is 217 g/mol. The van der Waals surface area contributed by atoms with Crippen molar-refractivity contribution in [1.29, 1.82) is 0 Å². The lowest BCUT2D eigenvalue weighted by Gasteiger charge is -2.24. The van der Waals surface area contributed by atoms with Gasteiger partial charge in [-0.1, -0.05) is 13.8 Å². The molecule has 88 valence electrons. The van der Waals surface area contributed by atoms with Crippen LogP contribution in [-0.4, -0.2) is 47.6 Å². The van der Waals surface area contributed by atoms with Crippen LogP contribution in [0.5, 0.6) is 0 Å². The van der Waals surface area contributed by atoms with Crippen LogP contribution in [-0.2, 0) is 9.59 Å². The molecule has 0 bridgehead atoms. The van der Waals surface area contributed by atoms with Crippen molar-refractivity contribution < 1.29 is 14.7 Å². The minimum absolute atomic E-state index is 0.0408. The monoisotopic (exact) mass is 217 g/mol. The molecule has 0 aliphatic rings. The van der Waals surface area contributed by atoms with Gasteiger partial charge in [0.2, 0.25) is 5.91 Å². The number of aliphatic carboxylic acids is 1. The molecule has 0 aromatic carbocycles. The standard InChI is InChI=1S/C9H19N3O3/c1-6(2)3-12(5-8(11)13)4-7(10)9(14)15/h6-7H,3-5,10H2,1-2H3,(H2,11,13)(H,14,15). The number of carboxylic acid groups (broad SMARTS) is 1. The highest BCUT2D eigenvalue weighted by atomic mass is 16.4. The third-order valence-electron chi connectivity index (χ3n) is 1.77. The first-order chi connectivity index (χ1) is 6.82. The Labute approximate surface area is 89.2 Å². The van der Waals surface area contributed by atoms with Crippen molar-refractivity contribution in [2.45, 2.75) is 19.9 Å². The van der Waals surface area contributed by atoms with E-state index in [2.05, 4.69) is 0 Å². The van der Waals surface area contributed by atoms with Gasteiger partial charge in [-0.25, -0.2) is 0 Å². The fourth-order valence-electron chi connectivity index (χ4n) is 1.30. The maximum atomic E-state index is 10.7. The van der Waals surface area contributed by atoms with Crippen molar-refractivity contribution in [3.05, 3.63) is 0 Å². The zero-order chi connectivity index (χ0) is 12.0. The van der Waals surface area contributed by atoms with E-state index < -0.39 is 17.9 Å². The number of nitrogens with two attached hydrogens (primary N) is 2. The predicted octanol–water partition coefficient (Wildman–Crippen LogP) is -1.16. The number of nitrogens with zero attached hydrogens (tertiary/aromatic N) is 1. The second-order valence-electron chi connectivity index (χ2n) is 4.00. The second kappa shape index (κ2) is 6.36. The molecule has 1 atom stereocenters. The number of amides is 1. The Bertz CT molecular complexity index is 231. The van der Waals surface area contributed by atoms with Gasteiger partial charge >= 0.3 is 5.97 Å². The molecule has 0 aromatic heterocycles. The van der Waals surface area contributed by atoms with Crippen molar-refractivity contribution >= 4 is 11.9 Å². The van der Waals surface area contributed by atoms with E-state index in [1.807, 2.05) is 13.8 Å². The van der Waals surface area contributed by atoms with E-state index in [4.69, 9.17) is 16.6 Å². The summed E-state index contributed by atoms with van der Waals surface area (Å²) in [5, 5.41) is 8.63. The van der Waals surface area contributed by atoms with Crippen LogP contribution >= 0.6 is 0 Å². The summed E-state index contributed by atoms with van der Waals surface area (Å²) < 4.78 is 0. The molecule has 6 nitrogen and oxygen atoms in total. The third-order valence-corrected chi connectivity index (χ3v) is 1.77. The highest BCUT2D eigenvalue weighted by Gasteiger charge is 2.18. The molecule has 15 heavy (non-hydrogen) atoms. The molecule has 0 fully saturated rings. The molecule has 0 saturated heterocycles. The van der Waals surface area contributed by atoms with Crippen molar-refractivity contribution in [3.63, 3.8) is 0 Å². The Morgan fingerprint density at radius 1 is 1.33 bits per heavy atom. The molecule has 0 radical (unpaired) electrons. The van der Waals surface area contributed by atoms with Crippen LogP contribution in [0.15, 0.2) is 0 Å². The van der Waals surface area contributed by atoms with Gasteiger partial charge in [0.1, 0.15) is 6.04 Å². The summed E-state index contributed by atoms with van der Waals surface area (Å²) in [6.45, 7) is 4.72. The van der Waals surface area contributed by atoms with Gasteiger partial charge in [0, 0.05) is 13.1 Å². The first-order valence-corrected chi connectivity index (χ1v) is 4.82. The average Bonchev–Trinajstić information content (AvgIpc) is 2.00. The van der Waals surface area contributed by atoms with Gasteiger partial charge in [-0.2, -0.15) is 0 Å². The number of primary amides is 1. The lowest BCUT2D eigenvalue weighted by atomic mass is 10.2. The minimum atomic E-state index is -1.08.